The van der Waals surface area contributed by atoms with Gasteiger partial charge in [-0.1, -0.05) is 87.7 Å². The van der Waals surface area contributed by atoms with Crippen LogP contribution in [0.4, 0.5) is 17.6 Å². The maximum Gasteiger partial charge on any atom is 0.389 e. The number of furan rings is 1. The zero-order valence-electron chi connectivity index (χ0n) is 28.3. The predicted octanol–water partition coefficient (Wildman–Crippen LogP) is 11.0. The summed E-state index contributed by atoms with van der Waals surface area (Å²) < 4.78 is 56.6. The number of halogens is 4. The molecule has 5 aromatic rings. The first kappa shape index (κ1) is 39.1. The van der Waals surface area contributed by atoms with Crippen LogP contribution in [0.2, 0.25) is 19.6 Å². The fourth-order valence-corrected chi connectivity index (χ4v) is 7.43. The summed E-state index contributed by atoms with van der Waals surface area (Å²) in [7, 11) is -1.62. The summed E-state index contributed by atoms with van der Waals surface area (Å²) in [5.74, 6) is -2.30. The number of benzene rings is 3. The quantitative estimate of drug-likeness (QED) is 0.0527. The molecule has 0 bridgehead atoms. The standard InChI is InChI=1S/C25H21FNOSi.C13H21F3O2.Ir/c1-15-11-19-17-10-9-16(26)13-23(17)28-25(19)20(12-15)22-14-24(29(2,3)4)18-7-5-6-8-21(18)27-22;1-4-9(5-2)11(17)7-12(18)10(6-3)8-13(14,15)16;/h5-11,13-14H,1-4H3;7,9-10,17H,4-6,8H2,1-3H3;/q-1;;/b;11-7-;. The average molecular weight is 857 g/mol. The summed E-state index contributed by atoms with van der Waals surface area (Å²) in [6, 6.07) is 20.7. The number of carbonyl (C=O) groups excluding carboxylic acids is 1. The van der Waals surface area contributed by atoms with Crippen LogP contribution in [0.3, 0.4) is 0 Å². The average Bonchev–Trinajstić information content (AvgIpc) is 3.36. The molecular weight excluding hydrogens is 815 g/mol. The molecule has 0 saturated heterocycles. The van der Waals surface area contributed by atoms with Crippen LogP contribution in [0.25, 0.3) is 44.1 Å². The molecule has 1 radical (unpaired) electrons. The van der Waals surface area contributed by atoms with E-state index in [-0.39, 0.29) is 44.0 Å². The SMILES string of the molecule is CCC(CC(F)(F)F)C(=O)/C=C(\O)C(CC)CC.Cc1[c-]c(-c2cc([Si](C)(C)C)c3ccccc3n2)c2oc3cc(F)ccc3c2c1.[Ir]. The first-order chi connectivity index (χ1) is 22.1. The number of aliphatic hydroxyl groups is 1. The molecule has 259 valence electrons. The Labute approximate surface area is 294 Å². The molecule has 0 aliphatic carbocycles. The van der Waals surface area contributed by atoms with Crippen LogP contribution >= 0.6 is 0 Å². The number of hydrogen-bond acceptors (Lipinski definition) is 4. The number of carbonyl (C=O) groups is 1. The van der Waals surface area contributed by atoms with Crippen LogP contribution in [0.1, 0.15) is 52.0 Å². The number of fused-ring (bicyclic) bond motifs is 4. The Kier molecular flexibility index (Phi) is 13.0. The largest absolute Gasteiger partial charge is 0.512 e. The van der Waals surface area contributed by atoms with Gasteiger partial charge >= 0.3 is 6.18 Å². The summed E-state index contributed by atoms with van der Waals surface area (Å²) in [6.45, 7) is 14.3. The summed E-state index contributed by atoms with van der Waals surface area (Å²) >= 11 is 0. The minimum atomic E-state index is -4.35. The van der Waals surface area contributed by atoms with Gasteiger partial charge in [0.1, 0.15) is 11.4 Å². The van der Waals surface area contributed by atoms with Crippen LogP contribution < -0.4 is 5.19 Å². The molecule has 5 rings (SSSR count). The minimum Gasteiger partial charge on any atom is -0.512 e. The van der Waals surface area contributed by atoms with Crippen molar-refractivity contribution in [2.75, 3.05) is 0 Å². The topological polar surface area (TPSA) is 63.3 Å². The molecule has 1 unspecified atom stereocenters. The van der Waals surface area contributed by atoms with Crippen molar-refractivity contribution in [3.63, 3.8) is 0 Å². The third kappa shape index (κ3) is 9.21. The molecule has 4 nitrogen and oxygen atoms in total. The van der Waals surface area contributed by atoms with Gasteiger partial charge < -0.3 is 9.52 Å². The van der Waals surface area contributed by atoms with Gasteiger partial charge in [0.15, 0.2) is 5.78 Å². The molecule has 2 aromatic heterocycles. The Hall–Kier alpha value is -3.33. The van der Waals surface area contributed by atoms with E-state index in [1.165, 1.54) is 29.6 Å². The number of allylic oxidation sites excluding steroid dienone is 2. The van der Waals surface area contributed by atoms with Crippen molar-refractivity contribution in [1.82, 2.24) is 4.98 Å². The fraction of sp³-hybridized carbons (Fsp3) is 0.368. The van der Waals surface area contributed by atoms with Crippen molar-refractivity contribution >= 4 is 51.9 Å². The second-order valence-electron chi connectivity index (χ2n) is 13.0. The number of aliphatic hydroxyl groups excluding tert-OH is 1. The Morgan fingerprint density at radius 2 is 1.60 bits per heavy atom. The molecule has 3 aromatic carbocycles. The van der Waals surface area contributed by atoms with Gasteiger partial charge in [0.05, 0.1) is 31.4 Å². The Morgan fingerprint density at radius 1 is 0.958 bits per heavy atom. The van der Waals surface area contributed by atoms with Gasteiger partial charge in [0, 0.05) is 49.5 Å². The molecule has 10 heteroatoms. The van der Waals surface area contributed by atoms with Gasteiger partial charge in [-0.2, -0.15) is 13.2 Å². The first-order valence-electron chi connectivity index (χ1n) is 16.0. The van der Waals surface area contributed by atoms with Crippen molar-refractivity contribution in [1.29, 1.82) is 0 Å². The molecule has 0 spiro atoms. The molecule has 48 heavy (non-hydrogen) atoms. The minimum absolute atomic E-state index is 0. The maximum atomic E-state index is 13.8. The number of para-hydroxylation sites is 1. The Morgan fingerprint density at radius 3 is 2.21 bits per heavy atom. The number of aromatic nitrogens is 1. The molecule has 0 aliphatic heterocycles. The van der Waals surface area contributed by atoms with Gasteiger partial charge in [-0.05, 0) is 48.5 Å². The van der Waals surface area contributed by atoms with Crippen LogP contribution in [0.15, 0.2) is 70.8 Å². The number of hydrogen-bond donors (Lipinski definition) is 1. The van der Waals surface area contributed by atoms with Crippen molar-refractivity contribution in [3.8, 4) is 11.3 Å². The molecular formula is C38H42F4IrNO3Si-. The van der Waals surface area contributed by atoms with E-state index in [2.05, 4.69) is 50.0 Å². The second-order valence-corrected chi connectivity index (χ2v) is 18.1. The molecule has 0 fully saturated rings. The number of aryl methyl sites for hydroxylation is 1. The number of nitrogens with zero attached hydrogens (tertiary/aromatic N) is 1. The monoisotopic (exact) mass is 857 g/mol. The molecule has 2 heterocycles. The smallest absolute Gasteiger partial charge is 0.389 e. The number of ketones is 1. The van der Waals surface area contributed by atoms with Crippen molar-refractivity contribution in [3.05, 3.63) is 83.9 Å². The van der Waals surface area contributed by atoms with Gasteiger partial charge in [-0.3, -0.25) is 9.78 Å². The van der Waals surface area contributed by atoms with Gasteiger partial charge in [-0.25, -0.2) is 4.39 Å². The number of rotatable bonds is 9. The molecule has 0 saturated carbocycles. The van der Waals surface area contributed by atoms with E-state index in [9.17, 15) is 27.5 Å². The van der Waals surface area contributed by atoms with Crippen molar-refractivity contribution in [2.45, 2.75) is 79.2 Å². The molecule has 1 N–H and O–H groups in total. The predicted molar refractivity (Wildman–Crippen MR) is 185 cm³/mol. The third-order valence-corrected chi connectivity index (χ3v) is 10.5. The van der Waals surface area contributed by atoms with Crippen LogP contribution in [0.5, 0.6) is 0 Å². The fourth-order valence-electron chi connectivity index (χ4n) is 5.84. The normalized spacial score (nSPS) is 13.0. The van der Waals surface area contributed by atoms with Gasteiger partial charge in [0.25, 0.3) is 0 Å². The van der Waals surface area contributed by atoms with Crippen LogP contribution in [0, 0.1) is 30.6 Å². The Balaban J connectivity index is 0.000000288. The Bertz CT molecular complexity index is 1920. The van der Waals surface area contributed by atoms with Crippen molar-refractivity contribution in [2.24, 2.45) is 11.8 Å². The van der Waals surface area contributed by atoms with E-state index in [1.54, 1.807) is 6.07 Å². The van der Waals surface area contributed by atoms with E-state index >= 15 is 0 Å². The first-order valence-corrected chi connectivity index (χ1v) is 19.5. The molecule has 0 aliphatic rings. The maximum absolute atomic E-state index is 13.8. The summed E-state index contributed by atoms with van der Waals surface area (Å²) in [6.07, 6.45) is -3.09. The van der Waals surface area contributed by atoms with E-state index in [1.807, 2.05) is 32.9 Å². The van der Waals surface area contributed by atoms with Crippen LogP contribution in [-0.4, -0.2) is 30.1 Å². The number of pyridine rings is 1. The summed E-state index contributed by atoms with van der Waals surface area (Å²) in [4.78, 5) is 16.6. The summed E-state index contributed by atoms with van der Waals surface area (Å²) in [5, 5.41) is 14.1. The van der Waals surface area contributed by atoms with E-state index in [0.29, 0.717) is 24.0 Å². The van der Waals surface area contributed by atoms with Crippen molar-refractivity contribution < 1.29 is 52.0 Å². The molecule has 1 atom stereocenters. The molecule has 0 amide bonds. The summed E-state index contributed by atoms with van der Waals surface area (Å²) in [5.41, 5.74) is 4.93. The van der Waals surface area contributed by atoms with Crippen LogP contribution in [-0.2, 0) is 24.9 Å². The van der Waals surface area contributed by atoms with E-state index < -0.39 is 32.4 Å². The van der Waals surface area contributed by atoms with Gasteiger partial charge in [0.2, 0.25) is 0 Å². The third-order valence-electron chi connectivity index (χ3n) is 8.45. The zero-order chi connectivity index (χ0) is 34.7. The van der Waals surface area contributed by atoms with E-state index in [4.69, 9.17) is 9.40 Å². The zero-order valence-corrected chi connectivity index (χ0v) is 31.7. The van der Waals surface area contributed by atoms with Gasteiger partial charge in [-0.15, -0.1) is 17.7 Å². The second kappa shape index (κ2) is 15.9. The van der Waals surface area contributed by atoms with E-state index in [0.717, 1.165) is 39.2 Å². The number of alkyl halides is 3.